The lowest BCUT2D eigenvalue weighted by atomic mass is 10.0. The number of nitrogens with zero attached hydrogens (tertiary/aromatic N) is 2. The molecule has 0 bridgehead atoms. The molecule has 0 spiro atoms. The van der Waals surface area contributed by atoms with Crippen LogP contribution >= 0.6 is 0 Å². The SMILES string of the molecule is COc1ccc(C2CCCN2C(=O)NC2CCN(CC(N)=O)CC2)cc1. The fourth-order valence-electron chi connectivity index (χ4n) is 3.90. The lowest BCUT2D eigenvalue weighted by Gasteiger charge is -2.33. The van der Waals surface area contributed by atoms with Crippen molar-refractivity contribution < 1.29 is 14.3 Å². The maximum atomic E-state index is 12.8. The molecule has 2 aliphatic heterocycles. The number of amides is 3. The Balaban J connectivity index is 1.54. The zero-order valence-electron chi connectivity index (χ0n) is 15.3. The topological polar surface area (TPSA) is 87.9 Å². The summed E-state index contributed by atoms with van der Waals surface area (Å²) in [5.74, 6) is 0.525. The third kappa shape index (κ3) is 4.46. The normalized spacial score (nSPS) is 21.6. The molecule has 3 rings (SSSR count). The van der Waals surface area contributed by atoms with Crippen molar-refractivity contribution in [1.82, 2.24) is 15.1 Å². The minimum atomic E-state index is -0.299. The van der Waals surface area contributed by atoms with Gasteiger partial charge in [0.15, 0.2) is 0 Å². The summed E-state index contributed by atoms with van der Waals surface area (Å²) < 4.78 is 5.21. The maximum absolute atomic E-state index is 12.8. The van der Waals surface area contributed by atoms with E-state index in [2.05, 4.69) is 5.32 Å². The Hall–Kier alpha value is -2.28. The first-order valence-electron chi connectivity index (χ1n) is 9.28. The second-order valence-corrected chi connectivity index (χ2v) is 7.09. The molecule has 26 heavy (non-hydrogen) atoms. The number of rotatable bonds is 5. The molecule has 2 heterocycles. The highest BCUT2D eigenvalue weighted by Gasteiger charge is 2.31. The summed E-state index contributed by atoms with van der Waals surface area (Å²) in [6, 6.07) is 8.25. The van der Waals surface area contributed by atoms with Crippen molar-refractivity contribution in [2.45, 2.75) is 37.8 Å². The minimum absolute atomic E-state index is 0.0108. The van der Waals surface area contributed by atoms with Gasteiger partial charge in [-0.05, 0) is 43.4 Å². The van der Waals surface area contributed by atoms with Crippen molar-refractivity contribution in [3.63, 3.8) is 0 Å². The van der Waals surface area contributed by atoms with Crippen LogP contribution in [0.2, 0.25) is 0 Å². The first-order valence-corrected chi connectivity index (χ1v) is 9.28. The number of carbonyl (C=O) groups is 2. The van der Waals surface area contributed by atoms with Crippen molar-refractivity contribution in [1.29, 1.82) is 0 Å². The quantitative estimate of drug-likeness (QED) is 0.833. The number of methoxy groups -OCH3 is 1. The molecule has 0 radical (unpaired) electrons. The average molecular weight is 360 g/mol. The predicted molar refractivity (Wildman–Crippen MR) is 98.9 cm³/mol. The smallest absolute Gasteiger partial charge is 0.318 e. The Morgan fingerprint density at radius 2 is 1.85 bits per heavy atom. The number of carbonyl (C=O) groups excluding carboxylic acids is 2. The fraction of sp³-hybridized carbons (Fsp3) is 0.579. The molecule has 142 valence electrons. The van der Waals surface area contributed by atoms with Crippen molar-refractivity contribution in [2.75, 3.05) is 33.3 Å². The molecule has 1 unspecified atom stereocenters. The predicted octanol–water partition coefficient (Wildman–Crippen LogP) is 1.49. The van der Waals surface area contributed by atoms with E-state index in [1.807, 2.05) is 34.1 Å². The van der Waals surface area contributed by atoms with Gasteiger partial charge in [-0.3, -0.25) is 9.69 Å². The molecule has 1 atom stereocenters. The van der Waals surface area contributed by atoms with Crippen LogP contribution < -0.4 is 15.8 Å². The van der Waals surface area contributed by atoms with Crippen LogP contribution in [0.1, 0.15) is 37.3 Å². The molecule has 0 saturated carbocycles. The van der Waals surface area contributed by atoms with Gasteiger partial charge in [-0.2, -0.15) is 0 Å². The molecule has 0 aliphatic carbocycles. The number of urea groups is 1. The third-order valence-corrected chi connectivity index (χ3v) is 5.31. The Morgan fingerprint density at radius 1 is 1.15 bits per heavy atom. The number of nitrogens with two attached hydrogens (primary N) is 1. The second kappa shape index (κ2) is 8.40. The number of likely N-dealkylation sites (tertiary alicyclic amines) is 2. The molecule has 1 aromatic rings. The van der Waals surface area contributed by atoms with Crippen LogP contribution in [0.5, 0.6) is 5.75 Å². The average Bonchev–Trinajstić information content (AvgIpc) is 3.13. The summed E-state index contributed by atoms with van der Waals surface area (Å²) in [7, 11) is 1.65. The van der Waals surface area contributed by atoms with E-state index in [9.17, 15) is 9.59 Å². The molecular formula is C19H28N4O3. The summed E-state index contributed by atoms with van der Waals surface area (Å²) in [6.07, 6.45) is 3.69. The fourth-order valence-corrected chi connectivity index (χ4v) is 3.90. The maximum Gasteiger partial charge on any atom is 0.318 e. The molecule has 2 aliphatic rings. The van der Waals surface area contributed by atoms with Crippen LogP contribution in [0.25, 0.3) is 0 Å². The Bertz CT molecular complexity index is 626. The highest BCUT2D eigenvalue weighted by atomic mass is 16.5. The summed E-state index contributed by atoms with van der Waals surface area (Å²) in [5, 5.41) is 3.18. The van der Waals surface area contributed by atoms with E-state index in [0.29, 0.717) is 6.54 Å². The summed E-state index contributed by atoms with van der Waals surface area (Å²) in [6.45, 7) is 2.65. The van der Waals surface area contributed by atoms with Gasteiger partial charge in [0.05, 0.1) is 19.7 Å². The van der Waals surface area contributed by atoms with Gasteiger partial charge in [0, 0.05) is 25.7 Å². The van der Waals surface area contributed by atoms with Crippen LogP contribution in [0, 0.1) is 0 Å². The number of benzene rings is 1. The first-order chi connectivity index (χ1) is 12.6. The van der Waals surface area contributed by atoms with Gasteiger partial charge < -0.3 is 20.7 Å². The van der Waals surface area contributed by atoms with Gasteiger partial charge in [0.25, 0.3) is 0 Å². The van der Waals surface area contributed by atoms with Gasteiger partial charge in [0.1, 0.15) is 5.75 Å². The molecule has 2 fully saturated rings. The molecule has 2 saturated heterocycles. The van der Waals surface area contributed by atoms with Crippen LogP contribution in [0.4, 0.5) is 4.79 Å². The molecule has 0 aromatic heterocycles. The van der Waals surface area contributed by atoms with E-state index in [1.54, 1.807) is 7.11 Å². The van der Waals surface area contributed by atoms with Gasteiger partial charge in [-0.25, -0.2) is 4.79 Å². The van der Waals surface area contributed by atoms with Crippen molar-refractivity contribution in [2.24, 2.45) is 5.73 Å². The van der Waals surface area contributed by atoms with Crippen molar-refractivity contribution in [3.05, 3.63) is 29.8 Å². The summed E-state index contributed by atoms with van der Waals surface area (Å²) >= 11 is 0. The van der Waals surface area contributed by atoms with Crippen LogP contribution in [-0.4, -0.2) is 61.1 Å². The van der Waals surface area contributed by atoms with E-state index in [-0.39, 0.29) is 24.0 Å². The van der Waals surface area contributed by atoms with E-state index >= 15 is 0 Å². The summed E-state index contributed by atoms with van der Waals surface area (Å²) in [4.78, 5) is 27.8. The largest absolute Gasteiger partial charge is 0.497 e. The number of ether oxygens (including phenoxy) is 1. The van der Waals surface area contributed by atoms with E-state index in [4.69, 9.17) is 10.5 Å². The zero-order valence-corrected chi connectivity index (χ0v) is 15.3. The third-order valence-electron chi connectivity index (χ3n) is 5.31. The van der Waals surface area contributed by atoms with Crippen LogP contribution in [-0.2, 0) is 4.79 Å². The van der Waals surface area contributed by atoms with Crippen molar-refractivity contribution in [3.8, 4) is 5.75 Å². The highest BCUT2D eigenvalue weighted by Crippen LogP contribution is 2.32. The number of nitrogens with one attached hydrogen (secondary N) is 1. The Kier molecular flexibility index (Phi) is 5.98. The number of hydrogen-bond donors (Lipinski definition) is 2. The van der Waals surface area contributed by atoms with Gasteiger partial charge in [-0.1, -0.05) is 12.1 Å². The monoisotopic (exact) mass is 360 g/mol. The standard InChI is InChI=1S/C19H28N4O3/c1-26-16-6-4-14(5-7-16)17-3-2-10-23(17)19(25)21-15-8-11-22(12-9-15)13-18(20)24/h4-7,15,17H,2-3,8-13H2,1H3,(H2,20,24)(H,21,25). The van der Waals surface area contributed by atoms with E-state index in [1.165, 1.54) is 0 Å². The lowest BCUT2D eigenvalue weighted by Crippen LogP contribution is -2.50. The molecule has 7 heteroatoms. The Morgan fingerprint density at radius 3 is 2.46 bits per heavy atom. The van der Waals surface area contributed by atoms with Crippen LogP contribution in [0.3, 0.4) is 0 Å². The number of piperidine rings is 1. The van der Waals surface area contributed by atoms with E-state index < -0.39 is 0 Å². The first kappa shape index (κ1) is 18.5. The van der Waals surface area contributed by atoms with Crippen LogP contribution in [0.15, 0.2) is 24.3 Å². The highest BCUT2D eigenvalue weighted by molar-refractivity contribution is 5.76. The van der Waals surface area contributed by atoms with Gasteiger partial charge >= 0.3 is 6.03 Å². The zero-order chi connectivity index (χ0) is 18.5. The van der Waals surface area contributed by atoms with Gasteiger partial charge in [-0.15, -0.1) is 0 Å². The van der Waals surface area contributed by atoms with E-state index in [0.717, 1.165) is 56.6 Å². The molecule has 3 N–H and O–H groups in total. The second-order valence-electron chi connectivity index (χ2n) is 7.09. The molecule has 3 amide bonds. The molecule has 7 nitrogen and oxygen atoms in total. The molecule has 1 aromatic carbocycles. The summed E-state index contributed by atoms with van der Waals surface area (Å²) in [5.41, 5.74) is 6.39. The molecular weight excluding hydrogens is 332 g/mol. The number of hydrogen-bond acceptors (Lipinski definition) is 4. The van der Waals surface area contributed by atoms with Gasteiger partial charge in [0.2, 0.25) is 5.91 Å². The minimum Gasteiger partial charge on any atom is -0.497 e. The van der Waals surface area contributed by atoms with Crippen molar-refractivity contribution >= 4 is 11.9 Å². The lowest BCUT2D eigenvalue weighted by molar-refractivity contribution is -0.119. The number of primary amides is 1. The Labute approximate surface area is 154 Å².